The van der Waals surface area contributed by atoms with Gasteiger partial charge in [-0.15, -0.1) is 0 Å². The lowest BCUT2D eigenvalue weighted by Crippen LogP contribution is -2.47. The van der Waals surface area contributed by atoms with Crippen molar-refractivity contribution in [2.24, 2.45) is 5.41 Å². The van der Waals surface area contributed by atoms with Crippen LogP contribution in [0.5, 0.6) is 0 Å². The summed E-state index contributed by atoms with van der Waals surface area (Å²) < 4.78 is 0. The molecule has 0 aliphatic heterocycles. The number of para-hydroxylation sites is 1. The summed E-state index contributed by atoms with van der Waals surface area (Å²) in [7, 11) is 1.72. The number of aryl methyl sites for hydroxylation is 1. The number of nitrogens with one attached hydrogen (secondary N) is 1. The number of carboxylic acid groups (broad SMARTS) is 1. The summed E-state index contributed by atoms with van der Waals surface area (Å²) in [4.78, 5) is 24.7. The van der Waals surface area contributed by atoms with Crippen LogP contribution in [0.25, 0.3) is 0 Å². The number of urea groups is 1. The summed E-state index contributed by atoms with van der Waals surface area (Å²) in [5.41, 5.74) is 1.63. The van der Waals surface area contributed by atoms with Gasteiger partial charge in [0.2, 0.25) is 0 Å². The molecule has 114 valence electrons. The number of aliphatic carboxylic acids is 1. The largest absolute Gasteiger partial charge is 0.481 e. The van der Waals surface area contributed by atoms with Crippen LogP contribution in [-0.2, 0) is 4.79 Å². The van der Waals surface area contributed by atoms with Gasteiger partial charge in [0.15, 0.2) is 0 Å². The first kappa shape index (κ1) is 15.4. The smallest absolute Gasteiger partial charge is 0.321 e. The van der Waals surface area contributed by atoms with Gasteiger partial charge in [-0.05, 0) is 36.8 Å². The van der Waals surface area contributed by atoms with Gasteiger partial charge < -0.3 is 10.4 Å². The van der Waals surface area contributed by atoms with Crippen LogP contribution in [0, 0.1) is 12.3 Å². The molecule has 1 fully saturated rings. The van der Waals surface area contributed by atoms with Crippen LogP contribution in [0.4, 0.5) is 10.5 Å². The highest BCUT2D eigenvalue weighted by molar-refractivity contribution is 5.92. The van der Waals surface area contributed by atoms with Crippen molar-refractivity contribution in [2.45, 2.75) is 32.6 Å². The molecule has 5 nitrogen and oxygen atoms in total. The molecule has 2 N–H and O–H groups in total. The fraction of sp³-hybridized carbons (Fsp3) is 0.500. The van der Waals surface area contributed by atoms with Crippen molar-refractivity contribution in [3.63, 3.8) is 0 Å². The Hall–Kier alpha value is -2.04. The zero-order valence-corrected chi connectivity index (χ0v) is 12.6. The lowest BCUT2D eigenvalue weighted by atomic mass is 9.66. The topological polar surface area (TPSA) is 69.6 Å². The molecule has 0 atom stereocenters. The first-order chi connectivity index (χ1) is 9.93. The molecule has 0 saturated heterocycles. The minimum atomic E-state index is -0.795. The maximum absolute atomic E-state index is 12.2. The van der Waals surface area contributed by atoms with E-state index in [1.807, 2.05) is 31.2 Å². The molecule has 1 aromatic rings. The van der Waals surface area contributed by atoms with Crippen molar-refractivity contribution in [3.05, 3.63) is 29.8 Å². The number of carbonyl (C=O) groups is 2. The van der Waals surface area contributed by atoms with Crippen LogP contribution in [0.2, 0.25) is 0 Å². The van der Waals surface area contributed by atoms with Gasteiger partial charge in [-0.25, -0.2) is 4.79 Å². The molecule has 2 amide bonds. The molecule has 0 bridgehead atoms. The number of anilines is 1. The molecule has 1 aliphatic rings. The molecule has 1 aromatic carbocycles. The maximum Gasteiger partial charge on any atom is 0.321 e. The molecule has 0 unspecified atom stereocenters. The van der Waals surface area contributed by atoms with Crippen molar-refractivity contribution >= 4 is 17.7 Å². The third-order valence-electron chi connectivity index (χ3n) is 4.34. The molecule has 5 heteroatoms. The Bertz CT molecular complexity index is 538. The van der Waals surface area contributed by atoms with E-state index in [2.05, 4.69) is 5.32 Å². The fourth-order valence-electron chi connectivity index (χ4n) is 2.84. The van der Waals surface area contributed by atoms with E-state index >= 15 is 0 Å². The predicted octanol–water partition coefficient (Wildman–Crippen LogP) is 2.79. The quantitative estimate of drug-likeness (QED) is 0.876. The summed E-state index contributed by atoms with van der Waals surface area (Å²) in [5.74, 6) is -0.795. The fourth-order valence-corrected chi connectivity index (χ4v) is 2.84. The van der Waals surface area contributed by atoms with Crippen LogP contribution in [0.3, 0.4) is 0 Å². The molecule has 0 spiro atoms. The highest BCUT2D eigenvalue weighted by atomic mass is 16.4. The average Bonchev–Trinajstić information content (AvgIpc) is 2.40. The minimum absolute atomic E-state index is 0.126. The molecule has 1 saturated carbocycles. The molecule has 21 heavy (non-hydrogen) atoms. The Balaban J connectivity index is 1.95. The lowest BCUT2D eigenvalue weighted by Gasteiger charge is -2.41. The van der Waals surface area contributed by atoms with E-state index in [-0.39, 0.29) is 17.9 Å². The summed E-state index contributed by atoms with van der Waals surface area (Å²) in [5, 5.41) is 11.9. The molecule has 0 aromatic heterocycles. The zero-order chi connectivity index (χ0) is 15.5. The van der Waals surface area contributed by atoms with Crippen molar-refractivity contribution in [1.82, 2.24) is 5.32 Å². The number of nitrogens with zero attached hydrogens (tertiary/aromatic N) is 1. The SMILES string of the molecule is Cc1ccccc1N(C)C(=O)NCC1(CC(=O)O)CCC1. The maximum atomic E-state index is 12.2. The lowest BCUT2D eigenvalue weighted by molar-refractivity contribution is -0.141. The van der Waals surface area contributed by atoms with Crippen LogP contribution >= 0.6 is 0 Å². The highest BCUT2D eigenvalue weighted by Gasteiger charge is 2.39. The van der Waals surface area contributed by atoms with E-state index in [9.17, 15) is 9.59 Å². The van der Waals surface area contributed by atoms with Crippen molar-refractivity contribution in [1.29, 1.82) is 0 Å². The summed E-state index contributed by atoms with van der Waals surface area (Å²) >= 11 is 0. The second-order valence-electron chi connectivity index (χ2n) is 5.93. The van der Waals surface area contributed by atoms with Gasteiger partial charge in [0, 0.05) is 19.3 Å². The van der Waals surface area contributed by atoms with Crippen molar-refractivity contribution in [2.75, 3.05) is 18.5 Å². The van der Waals surface area contributed by atoms with Gasteiger partial charge >= 0.3 is 12.0 Å². The molecular weight excluding hydrogens is 268 g/mol. The van der Waals surface area contributed by atoms with Gasteiger partial charge in [0.25, 0.3) is 0 Å². The number of carbonyl (C=O) groups excluding carboxylic acids is 1. The Kier molecular flexibility index (Phi) is 4.50. The Labute approximate surface area is 125 Å². The Morgan fingerprint density at radius 1 is 1.33 bits per heavy atom. The zero-order valence-electron chi connectivity index (χ0n) is 12.6. The number of benzene rings is 1. The van der Waals surface area contributed by atoms with Gasteiger partial charge in [-0.2, -0.15) is 0 Å². The second kappa shape index (κ2) is 6.16. The summed E-state index contributed by atoms with van der Waals surface area (Å²) in [6.07, 6.45) is 2.90. The van der Waals surface area contributed by atoms with Gasteiger partial charge in [0.1, 0.15) is 0 Å². The van der Waals surface area contributed by atoms with E-state index < -0.39 is 5.97 Å². The van der Waals surface area contributed by atoms with Crippen LogP contribution in [0.1, 0.15) is 31.2 Å². The molecule has 0 heterocycles. The number of rotatable bonds is 5. The highest BCUT2D eigenvalue weighted by Crippen LogP contribution is 2.43. The van der Waals surface area contributed by atoms with Crippen molar-refractivity contribution < 1.29 is 14.7 Å². The standard InChI is InChI=1S/C16H22N2O3/c1-12-6-3-4-7-13(12)18(2)15(21)17-11-16(8-5-9-16)10-14(19)20/h3-4,6-7H,5,8-11H2,1-2H3,(H,17,21)(H,19,20). The number of amides is 2. The first-order valence-electron chi connectivity index (χ1n) is 7.22. The summed E-state index contributed by atoms with van der Waals surface area (Å²) in [6.45, 7) is 2.38. The molecule has 2 rings (SSSR count). The third-order valence-corrected chi connectivity index (χ3v) is 4.34. The van der Waals surface area contributed by atoms with E-state index in [0.717, 1.165) is 30.5 Å². The summed E-state index contributed by atoms with van der Waals surface area (Å²) in [6, 6.07) is 7.48. The van der Waals surface area contributed by atoms with E-state index in [0.29, 0.717) is 6.54 Å². The Morgan fingerprint density at radius 3 is 2.52 bits per heavy atom. The average molecular weight is 290 g/mol. The Morgan fingerprint density at radius 2 is 2.00 bits per heavy atom. The molecule has 0 radical (unpaired) electrons. The number of hydrogen-bond acceptors (Lipinski definition) is 2. The second-order valence-corrected chi connectivity index (χ2v) is 5.93. The van der Waals surface area contributed by atoms with E-state index in [1.165, 1.54) is 0 Å². The minimum Gasteiger partial charge on any atom is -0.481 e. The van der Waals surface area contributed by atoms with Crippen LogP contribution in [-0.4, -0.2) is 30.7 Å². The van der Waals surface area contributed by atoms with Gasteiger partial charge in [-0.1, -0.05) is 24.6 Å². The molecular formula is C16H22N2O3. The first-order valence-corrected chi connectivity index (χ1v) is 7.22. The van der Waals surface area contributed by atoms with Gasteiger partial charge in [0.05, 0.1) is 6.42 Å². The van der Waals surface area contributed by atoms with Gasteiger partial charge in [-0.3, -0.25) is 9.69 Å². The monoisotopic (exact) mass is 290 g/mol. The molecule has 1 aliphatic carbocycles. The van der Waals surface area contributed by atoms with E-state index in [1.54, 1.807) is 11.9 Å². The van der Waals surface area contributed by atoms with E-state index in [4.69, 9.17) is 5.11 Å². The number of hydrogen-bond donors (Lipinski definition) is 2. The van der Waals surface area contributed by atoms with Crippen LogP contribution < -0.4 is 10.2 Å². The van der Waals surface area contributed by atoms with Crippen LogP contribution in [0.15, 0.2) is 24.3 Å². The predicted molar refractivity (Wildman–Crippen MR) is 81.5 cm³/mol. The third kappa shape index (κ3) is 3.54. The normalized spacial score (nSPS) is 15.9. The van der Waals surface area contributed by atoms with Crippen molar-refractivity contribution in [3.8, 4) is 0 Å². The number of carboxylic acids is 1.